The summed E-state index contributed by atoms with van der Waals surface area (Å²) in [7, 11) is 1.46. The topological polar surface area (TPSA) is 145 Å². The number of aromatic nitrogens is 5. The van der Waals surface area contributed by atoms with Crippen molar-refractivity contribution in [2.75, 3.05) is 56.6 Å². The average molecular weight is 691 g/mol. The number of fused-ring (bicyclic) bond motifs is 1. The molecule has 2 unspecified atom stereocenters. The monoisotopic (exact) mass is 690 g/mol. The van der Waals surface area contributed by atoms with Crippen LogP contribution >= 0.6 is 0 Å². The Morgan fingerprint density at radius 1 is 1.04 bits per heavy atom. The number of piperazine rings is 1. The molecular formula is C37H39FN10O3. The fourth-order valence-electron chi connectivity index (χ4n) is 7.04. The minimum atomic E-state index is -1.01. The standard InChI is InChI=1S/C37H39FN10O3/c1-24-21-47(32-12-7-27(20-41-32)35-39-14-4-15-40-35)17-18-48(24)33(49)22-46-16-13-37(23-46,25(2)45-51-3)36(50)42-29-10-11-31-30(19-29)34(44-43-31)26-5-8-28(38)9-6-26/h4-12,14-15,19-20,24H,13,16-18,21-23H2,1-3H3,(H,42,50)(H,43,44)/b45-25+. The third-order valence-corrected chi connectivity index (χ3v) is 9.84. The van der Waals surface area contributed by atoms with Crippen molar-refractivity contribution in [3.05, 3.63) is 85.1 Å². The lowest BCUT2D eigenvalue weighted by Gasteiger charge is -2.41. The normalized spacial score (nSPS) is 19.8. The Morgan fingerprint density at radius 2 is 1.82 bits per heavy atom. The predicted molar refractivity (Wildman–Crippen MR) is 192 cm³/mol. The van der Waals surface area contributed by atoms with Gasteiger partial charge in [-0.2, -0.15) is 5.10 Å². The molecule has 0 spiro atoms. The van der Waals surface area contributed by atoms with Gasteiger partial charge in [0.15, 0.2) is 5.82 Å². The van der Waals surface area contributed by atoms with Crippen LogP contribution < -0.4 is 10.2 Å². The van der Waals surface area contributed by atoms with Crippen LogP contribution in [0.2, 0.25) is 0 Å². The molecule has 0 aliphatic carbocycles. The number of carbonyl (C=O) groups excluding carboxylic acids is 2. The molecule has 0 radical (unpaired) electrons. The Balaban J connectivity index is 1.01. The maximum atomic E-state index is 14.1. The van der Waals surface area contributed by atoms with Gasteiger partial charge in [-0.15, -0.1) is 0 Å². The van der Waals surface area contributed by atoms with Gasteiger partial charge in [0.2, 0.25) is 11.8 Å². The Hall–Kier alpha value is -5.76. The molecule has 7 rings (SSSR count). The summed E-state index contributed by atoms with van der Waals surface area (Å²) < 4.78 is 13.6. The largest absolute Gasteiger partial charge is 0.399 e. The van der Waals surface area contributed by atoms with Gasteiger partial charge in [-0.1, -0.05) is 5.16 Å². The van der Waals surface area contributed by atoms with E-state index in [-0.39, 0.29) is 30.2 Å². The van der Waals surface area contributed by atoms with E-state index in [0.29, 0.717) is 62.1 Å². The number of oxime groups is 1. The van der Waals surface area contributed by atoms with Crippen LogP contribution in [0.3, 0.4) is 0 Å². The molecule has 2 N–H and O–H groups in total. The first-order valence-corrected chi connectivity index (χ1v) is 16.9. The molecule has 51 heavy (non-hydrogen) atoms. The summed E-state index contributed by atoms with van der Waals surface area (Å²) in [5.41, 5.74) is 3.15. The van der Waals surface area contributed by atoms with Crippen molar-refractivity contribution < 1.29 is 18.8 Å². The molecule has 2 aliphatic heterocycles. The Morgan fingerprint density at radius 3 is 2.55 bits per heavy atom. The molecule has 262 valence electrons. The Bertz CT molecular complexity index is 2060. The maximum absolute atomic E-state index is 14.1. The summed E-state index contributed by atoms with van der Waals surface area (Å²) in [6.07, 6.45) is 5.66. The highest BCUT2D eigenvalue weighted by Crippen LogP contribution is 2.35. The number of benzene rings is 2. The number of nitrogens with zero attached hydrogens (tertiary/aromatic N) is 8. The highest BCUT2D eigenvalue weighted by Gasteiger charge is 2.48. The highest BCUT2D eigenvalue weighted by atomic mass is 19.1. The zero-order valence-corrected chi connectivity index (χ0v) is 28.7. The molecule has 3 aromatic heterocycles. The van der Waals surface area contributed by atoms with E-state index in [9.17, 15) is 14.0 Å². The minimum Gasteiger partial charge on any atom is -0.399 e. The van der Waals surface area contributed by atoms with E-state index in [1.165, 1.54) is 19.2 Å². The molecular weight excluding hydrogens is 651 g/mol. The van der Waals surface area contributed by atoms with E-state index in [0.717, 1.165) is 27.8 Å². The smallest absolute Gasteiger partial charge is 0.237 e. The van der Waals surface area contributed by atoms with E-state index in [4.69, 9.17) is 4.84 Å². The van der Waals surface area contributed by atoms with Gasteiger partial charge in [0, 0.05) is 79.6 Å². The van der Waals surface area contributed by atoms with Crippen LogP contribution in [0, 0.1) is 11.2 Å². The van der Waals surface area contributed by atoms with Gasteiger partial charge >= 0.3 is 0 Å². The first-order valence-electron chi connectivity index (χ1n) is 16.9. The average Bonchev–Trinajstić information content (AvgIpc) is 3.78. The molecule has 2 aliphatic rings. The molecule has 2 fully saturated rings. The second-order valence-electron chi connectivity index (χ2n) is 13.1. The molecule has 14 heteroatoms. The van der Waals surface area contributed by atoms with Crippen LogP contribution in [-0.4, -0.2) is 105 Å². The van der Waals surface area contributed by atoms with Gasteiger partial charge in [0.25, 0.3) is 0 Å². The number of anilines is 2. The number of carbonyl (C=O) groups is 2. The first kappa shape index (κ1) is 33.7. The summed E-state index contributed by atoms with van der Waals surface area (Å²) in [6, 6.07) is 17.3. The number of hydrogen-bond acceptors (Lipinski definition) is 10. The van der Waals surface area contributed by atoms with Crippen LogP contribution in [-0.2, 0) is 14.4 Å². The van der Waals surface area contributed by atoms with Crippen LogP contribution in [0.5, 0.6) is 0 Å². The third-order valence-electron chi connectivity index (χ3n) is 9.84. The second-order valence-corrected chi connectivity index (χ2v) is 13.1. The summed E-state index contributed by atoms with van der Waals surface area (Å²) in [5, 5.41) is 15.5. The van der Waals surface area contributed by atoms with Gasteiger partial charge in [-0.05, 0) is 80.9 Å². The number of nitrogens with one attached hydrogen (secondary N) is 2. The van der Waals surface area contributed by atoms with Gasteiger partial charge in [0.05, 0.1) is 23.5 Å². The van der Waals surface area contributed by atoms with Crippen LogP contribution in [0.15, 0.2) is 84.4 Å². The number of rotatable bonds is 9. The number of amides is 2. The van der Waals surface area contributed by atoms with Crippen LogP contribution in [0.1, 0.15) is 20.3 Å². The molecule has 2 amide bonds. The minimum absolute atomic E-state index is 0.0166. The van der Waals surface area contributed by atoms with Gasteiger partial charge < -0.3 is 20.0 Å². The lowest BCUT2D eigenvalue weighted by atomic mass is 9.81. The highest BCUT2D eigenvalue weighted by molar-refractivity contribution is 6.13. The molecule has 2 atom stereocenters. The number of H-pyrrole nitrogens is 1. The lowest BCUT2D eigenvalue weighted by Crippen LogP contribution is -2.56. The summed E-state index contributed by atoms with van der Waals surface area (Å²) >= 11 is 0. The van der Waals surface area contributed by atoms with E-state index < -0.39 is 5.41 Å². The predicted octanol–water partition coefficient (Wildman–Crippen LogP) is 4.61. The fourth-order valence-corrected chi connectivity index (χ4v) is 7.04. The molecule has 0 saturated carbocycles. The van der Waals surface area contributed by atoms with Gasteiger partial charge in [-0.25, -0.2) is 19.3 Å². The summed E-state index contributed by atoms with van der Waals surface area (Å²) in [6.45, 7) is 6.74. The number of aromatic amines is 1. The van der Waals surface area contributed by atoms with Crippen LogP contribution in [0.25, 0.3) is 33.5 Å². The van der Waals surface area contributed by atoms with Crippen molar-refractivity contribution in [2.24, 2.45) is 10.6 Å². The van der Waals surface area contributed by atoms with Crippen LogP contribution in [0.4, 0.5) is 15.9 Å². The van der Waals surface area contributed by atoms with E-state index in [1.54, 1.807) is 43.7 Å². The van der Waals surface area contributed by atoms with Gasteiger partial charge in [0.1, 0.15) is 24.2 Å². The summed E-state index contributed by atoms with van der Waals surface area (Å²) in [4.78, 5) is 52.3. The molecule has 5 heterocycles. The van der Waals surface area contributed by atoms with Crippen molar-refractivity contribution in [3.63, 3.8) is 0 Å². The molecule has 2 saturated heterocycles. The van der Waals surface area contributed by atoms with Crippen molar-refractivity contribution in [1.29, 1.82) is 0 Å². The number of halogens is 1. The SMILES string of the molecule is CO/N=C(\C)C1(C(=O)Nc2ccc3[nH]nc(-c4ccc(F)cc4)c3c2)CCN(CC(=O)N2CCN(c3ccc(-c4ncccn4)cn3)CC2C)C1. The van der Waals surface area contributed by atoms with Crippen molar-refractivity contribution >= 4 is 39.9 Å². The Kier molecular flexibility index (Phi) is 9.41. The number of hydrogen-bond donors (Lipinski definition) is 2. The third kappa shape index (κ3) is 6.86. The van der Waals surface area contributed by atoms with Crippen molar-refractivity contribution in [1.82, 2.24) is 34.9 Å². The van der Waals surface area contributed by atoms with Crippen molar-refractivity contribution in [3.8, 4) is 22.6 Å². The Labute approximate surface area is 294 Å². The second kappa shape index (κ2) is 14.2. The first-order chi connectivity index (χ1) is 24.7. The molecule has 5 aromatic rings. The molecule has 2 aromatic carbocycles. The van der Waals surface area contributed by atoms with E-state index in [2.05, 4.69) is 40.5 Å². The molecule has 0 bridgehead atoms. The zero-order chi connectivity index (χ0) is 35.5. The number of likely N-dealkylation sites (tertiary alicyclic amines) is 1. The van der Waals surface area contributed by atoms with Crippen molar-refractivity contribution in [2.45, 2.75) is 26.3 Å². The zero-order valence-electron chi connectivity index (χ0n) is 28.7. The van der Waals surface area contributed by atoms with E-state index >= 15 is 0 Å². The van der Waals surface area contributed by atoms with E-state index in [1.807, 2.05) is 47.1 Å². The molecule has 13 nitrogen and oxygen atoms in total. The quantitative estimate of drug-likeness (QED) is 0.167. The fraction of sp³-hybridized carbons (Fsp3) is 0.324. The number of pyridine rings is 1. The summed E-state index contributed by atoms with van der Waals surface area (Å²) in [5.74, 6) is 0.921. The maximum Gasteiger partial charge on any atom is 0.237 e. The lowest BCUT2D eigenvalue weighted by molar-refractivity contribution is -0.135. The van der Waals surface area contributed by atoms with Gasteiger partial charge in [-0.3, -0.25) is 19.6 Å².